The van der Waals surface area contributed by atoms with Gasteiger partial charge in [-0.05, 0) is 26.0 Å². The monoisotopic (exact) mass is 232 g/mol. The van der Waals surface area contributed by atoms with Crippen LogP contribution in [0, 0.1) is 11.3 Å². The van der Waals surface area contributed by atoms with Crippen LogP contribution in [0.5, 0.6) is 0 Å². The molecule has 0 heterocycles. The number of para-hydroxylation sites is 1. The molecule has 0 aliphatic carbocycles. The zero-order chi connectivity index (χ0) is 12.8. The summed E-state index contributed by atoms with van der Waals surface area (Å²) in [6.45, 7) is 3.92. The molecule has 1 amide bonds. The molecule has 0 aromatic heterocycles. The first-order chi connectivity index (χ1) is 8.04. The van der Waals surface area contributed by atoms with Crippen molar-refractivity contribution in [3.05, 3.63) is 23.8 Å². The number of benzene rings is 1. The van der Waals surface area contributed by atoms with Crippen molar-refractivity contribution in [1.82, 2.24) is 5.32 Å². The highest BCUT2D eigenvalue weighted by Gasteiger charge is 2.06. The van der Waals surface area contributed by atoms with E-state index in [-0.39, 0.29) is 18.5 Å². The summed E-state index contributed by atoms with van der Waals surface area (Å²) in [7, 11) is 0. The van der Waals surface area contributed by atoms with Crippen molar-refractivity contribution in [1.29, 1.82) is 5.26 Å². The van der Waals surface area contributed by atoms with E-state index in [0.717, 1.165) is 0 Å². The molecule has 0 saturated carbocycles. The maximum absolute atomic E-state index is 11.4. The van der Waals surface area contributed by atoms with Gasteiger partial charge in [0.15, 0.2) is 0 Å². The molecule has 0 saturated heterocycles. The molecule has 0 spiro atoms. The van der Waals surface area contributed by atoms with E-state index < -0.39 is 0 Å². The first kappa shape index (κ1) is 12.8. The number of anilines is 2. The largest absolute Gasteiger partial charge is 0.396 e. The van der Waals surface area contributed by atoms with Gasteiger partial charge in [0.2, 0.25) is 5.91 Å². The molecule has 90 valence electrons. The van der Waals surface area contributed by atoms with Gasteiger partial charge in [-0.15, -0.1) is 0 Å². The molecular formula is C12H16N4O. The van der Waals surface area contributed by atoms with Gasteiger partial charge in [-0.25, -0.2) is 0 Å². The van der Waals surface area contributed by atoms with Crippen molar-refractivity contribution < 1.29 is 4.79 Å². The molecule has 0 aliphatic heterocycles. The first-order valence-electron chi connectivity index (χ1n) is 5.36. The Balaban J connectivity index is 2.64. The standard InChI is InChI=1S/C12H16N4O/c1-8(2)16-11(17)7-15-10-5-3-4-9(6-13)12(10)14/h3-5,8,15H,7,14H2,1-2H3,(H,16,17). The molecule has 0 unspecified atom stereocenters. The highest BCUT2D eigenvalue weighted by atomic mass is 16.1. The number of nitrogens with two attached hydrogens (primary N) is 1. The Morgan fingerprint density at radius 3 is 2.82 bits per heavy atom. The van der Waals surface area contributed by atoms with Crippen LogP contribution in [0.1, 0.15) is 19.4 Å². The normalized spacial score (nSPS) is 9.76. The van der Waals surface area contributed by atoms with Crippen LogP contribution in [0.2, 0.25) is 0 Å². The lowest BCUT2D eigenvalue weighted by atomic mass is 10.1. The van der Waals surface area contributed by atoms with Crippen LogP contribution in [0.4, 0.5) is 11.4 Å². The number of nitrogens with zero attached hydrogens (tertiary/aromatic N) is 1. The highest BCUT2D eigenvalue weighted by Crippen LogP contribution is 2.21. The van der Waals surface area contributed by atoms with Gasteiger partial charge in [-0.3, -0.25) is 4.79 Å². The van der Waals surface area contributed by atoms with Crippen molar-refractivity contribution in [3.63, 3.8) is 0 Å². The number of nitriles is 1. The van der Waals surface area contributed by atoms with Gasteiger partial charge >= 0.3 is 0 Å². The lowest BCUT2D eigenvalue weighted by Gasteiger charge is -2.12. The zero-order valence-electron chi connectivity index (χ0n) is 9.95. The summed E-state index contributed by atoms with van der Waals surface area (Å²) >= 11 is 0. The second-order valence-electron chi connectivity index (χ2n) is 3.95. The third kappa shape index (κ3) is 3.68. The minimum Gasteiger partial charge on any atom is -0.396 e. The van der Waals surface area contributed by atoms with Crippen molar-refractivity contribution in [2.24, 2.45) is 0 Å². The Morgan fingerprint density at radius 2 is 2.24 bits per heavy atom. The topological polar surface area (TPSA) is 90.9 Å². The lowest BCUT2D eigenvalue weighted by Crippen LogP contribution is -2.34. The summed E-state index contributed by atoms with van der Waals surface area (Å²) < 4.78 is 0. The van der Waals surface area contributed by atoms with Crippen molar-refractivity contribution in [2.75, 3.05) is 17.6 Å². The first-order valence-corrected chi connectivity index (χ1v) is 5.36. The smallest absolute Gasteiger partial charge is 0.239 e. The van der Waals surface area contributed by atoms with Gasteiger partial charge in [-0.1, -0.05) is 6.07 Å². The molecule has 0 radical (unpaired) electrons. The number of carbonyl (C=O) groups excluding carboxylic acids is 1. The molecule has 1 rings (SSSR count). The zero-order valence-corrected chi connectivity index (χ0v) is 9.95. The fourth-order valence-electron chi connectivity index (χ4n) is 1.37. The third-order valence-electron chi connectivity index (χ3n) is 2.12. The van der Waals surface area contributed by atoms with Crippen LogP contribution in [-0.4, -0.2) is 18.5 Å². The Kier molecular flexibility index (Phi) is 4.35. The highest BCUT2D eigenvalue weighted by molar-refractivity contribution is 5.83. The lowest BCUT2D eigenvalue weighted by molar-refractivity contribution is -0.119. The average Bonchev–Trinajstić information content (AvgIpc) is 2.27. The van der Waals surface area contributed by atoms with E-state index >= 15 is 0 Å². The predicted octanol–water partition coefficient (Wildman–Crippen LogP) is 1.08. The van der Waals surface area contributed by atoms with Crippen LogP contribution >= 0.6 is 0 Å². The van der Waals surface area contributed by atoms with Crippen LogP contribution < -0.4 is 16.4 Å². The number of nitrogens with one attached hydrogen (secondary N) is 2. The quantitative estimate of drug-likeness (QED) is 0.677. The van der Waals surface area contributed by atoms with E-state index in [4.69, 9.17) is 11.0 Å². The Labute approximate surface area is 101 Å². The summed E-state index contributed by atoms with van der Waals surface area (Å²) in [4.78, 5) is 11.4. The Bertz CT molecular complexity index is 448. The fourth-order valence-corrected chi connectivity index (χ4v) is 1.37. The molecule has 1 aromatic carbocycles. The molecule has 4 N–H and O–H groups in total. The van der Waals surface area contributed by atoms with Crippen LogP contribution in [0.15, 0.2) is 18.2 Å². The van der Waals surface area contributed by atoms with Crippen LogP contribution in [-0.2, 0) is 4.79 Å². The number of rotatable bonds is 4. The fraction of sp³-hybridized carbons (Fsp3) is 0.333. The van der Waals surface area contributed by atoms with E-state index in [1.54, 1.807) is 18.2 Å². The maximum atomic E-state index is 11.4. The summed E-state index contributed by atoms with van der Waals surface area (Å²) in [5.74, 6) is -0.109. The van der Waals surface area contributed by atoms with Gasteiger partial charge in [0.1, 0.15) is 6.07 Å². The number of hydrogen-bond donors (Lipinski definition) is 3. The molecule has 1 aromatic rings. The Morgan fingerprint density at radius 1 is 1.53 bits per heavy atom. The second kappa shape index (κ2) is 5.75. The minimum absolute atomic E-state index is 0.104. The average molecular weight is 232 g/mol. The molecule has 0 atom stereocenters. The molecular weight excluding hydrogens is 216 g/mol. The molecule has 0 aliphatic rings. The Hall–Kier alpha value is -2.22. The third-order valence-corrected chi connectivity index (χ3v) is 2.12. The summed E-state index contributed by atoms with van der Waals surface area (Å²) in [6, 6.07) is 7.18. The molecule has 5 heteroatoms. The number of carbonyl (C=O) groups is 1. The van der Waals surface area contributed by atoms with Gasteiger partial charge < -0.3 is 16.4 Å². The van der Waals surface area contributed by atoms with E-state index in [1.807, 2.05) is 19.9 Å². The molecule has 0 fully saturated rings. The van der Waals surface area contributed by atoms with Crippen LogP contribution in [0.25, 0.3) is 0 Å². The van der Waals surface area contributed by atoms with Crippen molar-refractivity contribution >= 4 is 17.3 Å². The molecule has 0 bridgehead atoms. The summed E-state index contributed by atoms with van der Waals surface area (Å²) in [5, 5.41) is 14.5. The van der Waals surface area contributed by atoms with Gasteiger partial charge in [0.05, 0.1) is 23.5 Å². The van der Waals surface area contributed by atoms with Crippen molar-refractivity contribution in [2.45, 2.75) is 19.9 Å². The van der Waals surface area contributed by atoms with Gasteiger partial charge in [0, 0.05) is 6.04 Å². The SMILES string of the molecule is CC(C)NC(=O)CNc1cccc(C#N)c1N. The summed E-state index contributed by atoms with van der Waals surface area (Å²) in [6.07, 6.45) is 0. The van der Waals surface area contributed by atoms with Gasteiger partial charge in [-0.2, -0.15) is 5.26 Å². The van der Waals surface area contributed by atoms with E-state index in [1.165, 1.54) is 0 Å². The van der Waals surface area contributed by atoms with E-state index in [2.05, 4.69) is 10.6 Å². The maximum Gasteiger partial charge on any atom is 0.239 e. The van der Waals surface area contributed by atoms with E-state index in [0.29, 0.717) is 16.9 Å². The molecule has 5 nitrogen and oxygen atoms in total. The minimum atomic E-state index is -0.109. The summed E-state index contributed by atoms with van der Waals surface area (Å²) in [5.41, 5.74) is 7.13. The predicted molar refractivity (Wildman–Crippen MR) is 67.3 cm³/mol. The van der Waals surface area contributed by atoms with Gasteiger partial charge in [0.25, 0.3) is 0 Å². The molecule has 17 heavy (non-hydrogen) atoms. The number of nitrogen functional groups attached to an aromatic ring is 1. The van der Waals surface area contributed by atoms with Crippen molar-refractivity contribution in [3.8, 4) is 6.07 Å². The number of hydrogen-bond acceptors (Lipinski definition) is 4. The number of amides is 1. The van der Waals surface area contributed by atoms with E-state index in [9.17, 15) is 4.79 Å². The second-order valence-corrected chi connectivity index (χ2v) is 3.95. The van der Waals surface area contributed by atoms with Crippen LogP contribution in [0.3, 0.4) is 0 Å².